The lowest BCUT2D eigenvalue weighted by Gasteiger charge is -2.11. The van der Waals surface area contributed by atoms with Crippen molar-refractivity contribution in [3.05, 3.63) is 58.1 Å². The second-order valence-electron chi connectivity index (χ2n) is 7.19. The van der Waals surface area contributed by atoms with E-state index in [1.807, 2.05) is 38.1 Å². The third kappa shape index (κ3) is 3.96. The van der Waals surface area contributed by atoms with Crippen LogP contribution in [0.25, 0.3) is 22.2 Å². The number of benzene rings is 2. The maximum Gasteiger partial charge on any atom is 0.257 e. The number of para-hydroxylation sites is 2. The molecule has 4 N–H and O–H groups in total. The molecule has 4 rings (SSSR count). The molecule has 1 unspecified atom stereocenters. The normalized spacial score (nSPS) is 12.6. The maximum absolute atomic E-state index is 13.0. The van der Waals surface area contributed by atoms with Crippen molar-refractivity contribution in [1.29, 1.82) is 0 Å². The topological polar surface area (TPSA) is 118 Å². The molecule has 2 aromatic heterocycles. The summed E-state index contributed by atoms with van der Waals surface area (Å²) in [5, 5.41) is 17.5. The van der Waals surface area contributed by atoms with Gasteiger partial charge in [-0.2, -0.15) is 9.78 Å². The number of amides is 1. The monoisotopic (exact) mass is 480 g/mol. The molecular weight excluding hydrogens is 460 g/mol. The molecule has 2 aromatic carbocycles. The largest absolute Gasteiger partial charge is 0.507 e. The number of hydrogen-bond acceptors (Lipinski definition) is 6. The Labute approximate surface area is 186 Å². The minimum atomic E-state index is -0.333. The van der Waals surface area contributed by atoms with E-state index in [0.29, 0.717) is 27.8 Å². The first kappa shape index (κ1) is 20.8. The van der Waals surface area contributed by atoms with Crippen LogP contribution in [0.1, 0.15) is 36.2 Å². The van der Waals surface area contributed by atoms with Crippen molar-refractivity contribution in [2.75, 3.05) is 5.73 Å². The fraction of sp³-hybridized carbons (Fsp3) is 0.182. The number of aromatic nitrogens is 3. The third-order valence-electron chi connectivity index (χ3n) is 4.99. The molecule has 8 nitrogen and oxygen atoms in total. The van der Waals surface area contributed by atoms with Gasteiger partial charge >= 0.3 is 0 Å². The molecule has 1 atom stereocenters. The number of hydrogen-bond donors (Lipinski definition) is 3. The van der Waals surface area contributed by atoms with Gasteiger partial charge in [0.25, 0.3) is 5.91 Å². The second-order valence-corrected chi connectivity index (χ2v) is 8.10. The van der Waals surface area contributed by atoms with Crippen LogP contribution >= 0.6 is 15.9 Å². The van der Waals surface area contributed by atoms with Gasteiger partial charge in [-0.1, -0.05) is 35.0 Å². The zero-order valence-electron chi connectivity index (χ0n) is 17.0. The minimum Gasteiger partial charge on any atom is -0.507 e. The van der Waals surface area contributed by atoms with E-state index in [9.17, 15) is 9.90 Å². The lowest BCUT2D eigenvalue weighted by Crippen LogP contribution is -2.32. The van der Waals surface area contributed by atoms with Crippen molar-refractivity contribution < 1.29 is 9.90 Å². The lowest BCUT2D eigenvalue weighted by atomic mass is 10.2. The van der Waals surface area contributed by atoms with Crippen LogP contribution < -0.4 is 11.1 Å². The molecule has 0 saturated carbocycles. The summed E-state index contributed by atoms with van der Waals surface area (Å²) in [6, 6.07) is 12.3. The van der Waals surface area contributed by atoms with Gasteiger partial charge in [-0.3, -0.25) is 4.79 Å². The van der Waals surface area contributed by atoms with Crippen molar-refractivity contribution in [3.63, 3.8) is 0 Å². The molecule has 9 heteroatoms. The smallest absolute Gasteiger partial charge is 0.257 e. The fourth-order valence-corrected chi connectivity index (χ4v) is 3.51. The van der Waals surface area contributed by atoms with E-state index in [4.69, 9.17) is 5.73 Å². The van der Waals surface area contributed by atoms with E-state index in [1.54, 1.807) is 18.2 Å². The van der Waals surface area contributed by atoms with Crippen LogP contribution in [-0.4, -0.2) is 37.9 Å². The molecule has 0 radical (unpaired) electrons. The van der Waals surface area contributed by atoms with Crippen LogP contribution in [0, 0.1) is 0 Å². The number of nitrogen functional groups attached to an aromatic ring is 1. The van der Waals surface area contributed by atoms with E-state index >= 15 is 0 Å². The summed E-state index contributed by atoms with van der Waals surface area (Å²) in [5.74, 6) is -0.147. The zero-order chi connectivity index (χ0) is 22.1. The Balaban J connectivity index is 1.92. The van der Waals surface area contributed by atoms with Crippen molar-refractivity contribution in [2.45, 2.75) is 26.3 Å². The number of carbonyl (C=O) groups excluding carboxylic acids is 1. The second kappa shape index (κ2) is 8.35. The number of nitrogens with one attached hydrogen (secondary N) is 1. The molecule has 2 heterocycles. The first-order valence-corrected chi connectivity index (χ1v) is 10.6. The van der Waals surface area contributed by atoms with Crippen LogP contribution in [-0.2, 0) is 0 Å². The van der Waals surface area contributed by atoms with Crippen molar-refractivity contribution >= 4 is 56.1 Å². The minimum absolute atomic E-state index is 0.0270. The molecule has 0 fully saturated rings. The van der Waals surface area contributed by atoms with Crippen LogP contribution in [0.2, 0.25) is 0 Å². The number of nitrogens with two attached hydrogens (primary N) is 1. The van der Waals surface area contributed by atoms with Crippen LogP contribution in [0.3, 0.4) is 0 Å². The zero-order valence-corrected chi connectivity index (χ0v) is 18.6. The highest BCUT2D eigenvalue weighted by atomic mass is 79.9. The molecule has 0 spiro atoms. The number of rotatable bonds is 5. The summed E-state index contributed by atoms with van der Waals surface area (Å²) >= 11 is 3.38. The van der Waals surface area contributed by atoms with E-state index < -0.39 is 0 Å². The highest BCUT2D eigenvalue weighted by Crippen LogP contribution is 2.28. The van der Waals surface area contributed by atoms with Gasteiger partial charge in [0.2, 0.25) is 0 Å². The Kier molecular flexibility index (Phi) is 5.60. The summed E-state index contributed by atoms with van der Waals surface area (Å²) < 4.78 is 2.16. The van der Waals surface area contributed by atoms with Gasteiger partial charge in [0.1, 0.15) is 22.6 Å². The van der Waals surface area contributed by atoms with E-state index in [2.05, 4.69) is 36.3 Å². The summed E-state index contributed by atoms with van der Waals surface area (Å²) in [4.78, 5) is 22.3. The molecule has 0 aliphatic carbocycles. The number of nitrogens with zero attached hydrogens (tertiary/aromatic N) is 4. The molecule has 0 saturated heterocycles. The standard InChI is InChI=1S/C22H21BrN6O2/c1-3-12(2)26-22(31)18-19-21(28-16-7-5-4-6-15(16)27-19)29(20(18)24)25-11-13-10-14(23)8-9-17(13)30/h4-12,30H,3,24H2,1-2H3,(H,26,31). The molecule has 4 aromatic rings. The van der Waals surface area contributed by atoms with Gasteiger partial charge in [0, 0.05) is 16.1 Å². The number of anilines is 1. The van der Waals surface area contributed by atoms with Gasteiger partial charge in [0.05, 0.1) is 17.2 Å². The SMILES string of the molecule is CCC(C)NC(=O)c1c(N)n(N=Cc2cc(Br)ccc2O)c2nc3ccccc3nc12. The summed E-state index contributed by atoms with van der Waals surface area (Å²) in [6.07, 6.45) is 2.24. The average Bonchev–Trinajstić information content (AvgIpc) is 3.02. The summed E-state index contributed by atoms with van der Waals surface area (Å²) in [5.41, 5.74) is 9.11. The molecule has 1 amide bonds. The summed E-state index contributed by atoms with van der Waals surface area (Å²) in [6.45, 7) is 3.90. The first-order chi connectivity index (χ1) is 14.9. The van der Waals surface area contributed by atoms with Gasteiger partial charge < -0.3 is 16.2 Å². The van der Waals surface area contributed by atoms with Crippen LogP contribution in [0.15, 0.2) is 52.0 Å². The Morgan fingerprint density at radius 2 is 2.00 bits per heavy atom. The maximum atomic E-state index is 13.0. The molecule has 31 heavy (non-hydrogen) atoms. The van der Waals surface area contributed by atoms with Crippen molar-refractivity contribution in [1.82, 2.24) is 20.0 Å². The molecule has 0 aliphatic heterocycles. The van der Waals surface area contributed by atoms with Crippen molar-refractivity contribution in [2.24, 2.45) is 5.10 Å². The van der Waals surface area contributed by atoms with Crippen LogP contribution in [0.5, 0.6) is 5.75 Å². The predicted octanol–water partition coefficient (Wildman–Crippen LogP) is 4.05. The first-order valence-electron chi connectivity index (χ1n) is 9.79. The van der Waals surface area contributed by atoms with Gasteiger partial charge in [0.15, 0.2) is 5.65 Å². The molecule has 158 valence electrons. The van der Waals surface area contributed by atoms with Crippen LogP contribution in [0.4, 0.5) is 5.82 Å². The van der Waals surface area contributed by atoms with E-state index in [1.165, 1.54) is 10.9 Å². The number of carbonyl (C=O) groups is 1. The number of halogens is 1. The van der Waals surface area contributed by atoms with Crippen molar-refractivity contribution in [3.8, 4) is 5.75 Å². The van der Waals surface area contributed by atoms with E-state index in [-0.39, 0.29) is 29.1 Å². The number of fused-ring (bicyclic) bond motifs is 2. The summed E-state index contributed by atoms with van der Waals surface area (Å²) in [7, 11) is 0. The van der Waals surface area contributed by atoms with Gasteiger partial charge in [-0.15, -0.1) is 0 Å². The fourth-order valence-electron chi connectivity index (χ4n) is 3.13. The number of phenols is 1. The Morgan fingerprint density at radius 1 is 1.29 bits per heavy atom. The van der Waals surface area contributed by atoms with E-state index in [0.717, 1.165) is 10.9 Å². The molecular formula is C22H21BrN6O2. The highest BCUT2D eigenvalue weighted by Gasteiger charge is 2.24. The Hall–Kier alpha value is -3.46. The molecule has 0 aliphatic rings. The lowest BCUT2D eigenvalue weighted by molar-refractivity contribution is 0.0941. The molecule has 0 bridgehead atoms. The average molecular weight is 481 g/mol. The third-order valence-corrected chi connectivity index (χ3v) is 5.49. The van der Waals surface area contributed by atoms with Gasteiger partial charge in [-0.25, -0.2) is 9.97 Å². The Bertz CT molecular complexity index is 1330. The predicted molar refractivity (Wildman–Crippen MR) is 125 cm³/mol. The highest BCUT2D eigenvalue weighted by molar-refractivity contribution is 9.10. The Morgan fingerprint density at radius 3 is 2.71 bits per heavy atom. The van der Waals surface area contributed by atoms with Gasteiger partial charge in [-0.05, 0) is 43.7 Å². The number of phenolic OH excluding ortho intramolecular Hbond substituents is 1. The number of aromatic hydroxyl groups is 1. The quantitative estimate of drug-likeness (QED) is 0.372.